The lowest BCUT2D eigenvalue weighted by Gasteiger charge is -2.15. The van der Waals surface area contributed by atoms with E-state index in [9.17, 15) is 10.1 Å². The van der Waals surface area contributed by atoms with E-state index in [2.05, 4.69) is 16.5 Å². The van der Waals surface area contributed by atoms with Crippen molar-refractivity contribution in [2.24, 2.45) is 5.16 Å². The predicted octanol–water partition coefficient (Wildman–Crippen LogP) is 7.43. The molecule has 0 aliphatic heterocycles. The Bertz CT molecular complexity index is 1700. The number of nitriles is 1. The molecule has 0 saturated heterocycles. The smallest absolute Gasteiger partial charge is 0.266 e. The Labute approximate surface area is 240 Å². The number of oxime groups is 1. The minimum Gasteiger partial charge on any atom is -0.385 e. The third-order valence-electron chi connectivity index (χ3n) is 6.79. The Hall–Kier alpha value is -5.41. The molecule has 0 fully saturated rings. The first-order chi connectivity index (χ1) is 20.0. The second-order valence-corrected chi connectivity index (χ2v) is 9.73. The number of aryl methyl sites for hydroxylation is 1. The van der Waals surface area contributed by atoms with E-state index in [4.69, 9.17) is 4.84 Å². The van der Waals surface area contributed by atoms with E-state index in [1.807, 2.05) is 134 Å². The lowest BCUT2D eigenvalue weighted by molar-refractivity contribution is -0.120. The fourth-order valence-electron chi connectivity index (χ4n) is 4.77. The first-order valence-electron chi connectivity index (χ1n) is 13.4. The zero-order valence-electron chi connectivity index (χ0n) is 23.0. The monoisotopic (exact) mass is 538 g/mol. The topological polar surface area (TPSA) is 79.4 Å². The predicted molar refractivity (Wildman–Crippen MR) is 164 cm³/mol. The zero-order chi connectivity index (χ0) is 28.6. The minimum absolute atomic E-state index is 0.300. The van der Waals surface area contributed by atoms with Crippen LogP contribution < -0.4 is 5.32 Å². The molecule has 0 aliphatic carbocycles. The van der Waals surface area contributed by atoms with Gasteiger partial charge >= 0.3 is 0 Å². The molecule has 0 atom stereocenters. The molecule has 6 nitrogen and oxygen atoms in total. The van der Waals surface area contributed by atoms with E-state index in [1.54, 1.807) is 0 Å². The molecule has 0 unspecified atom stereocenters. The van der Waals surface area contributed by atoms with Gasteiger partial charge in [-0.15, -0.1) is 0 Å². The third-order valence-corrected chi connectivity index (χ3v) is 6.79. The van der Waals surface area contributed by atoms with E-state index in [0.717, 1.165) is 39.1 Å². The minimum atomic E-state index is -0.409. The molecule has 0 saturated carbocycles. The molecular formula is C35H30N4O2. The maximum absolute atomic E-state index is 13.2. The van der Waals surface area contributed by atoms with Gasteiger partial charge < -0.3 is 14.7 Å². The summed E-state index contributed by atoms with van der Waals surface area (Å²) < 4.78 is 2.00. The third kappa shape index (κ3) is 6.26. The lowest BCUT2D eigenvalue weighted by Crippen LogP contribution is -2.20. The summed E-state index contributed by atoms with van der Waals surface area (Å²) in [6.45, 7) is 4.01. The standard InChI is InChI=1S/C35H30N4O2/c1-25-18-20-28(21-19-25)26(2)38-41-24-32(40)37-35-31(22-36)33(29-14-8-4-9-15-29)34(30-16-10-5-11-17-30)39(35)23-27-12-6-3-7-13-27/h3-21H,23-24H2,1-2H3,(H,37,40)/b38-26-. The molecule has 4 aromatic carbocycles. The van der Waals surface area contributed by atoms with E-state index in [1.165, 1.54) is 0 Å². The van der Waals surface area contributed by atoms with Crippen molar-refractivity contribution in [3.8, 4) is 28.5 Å². The van der Waals surface area contributed by atoms with E-state index in [-0.39, 0.29) is 6.61 Å². The highest BCUT2D eigenvalue weighted by Gasteiger charge is 2.26. The summed E-state index contributed by atoms with van der Waals surface area (Å²) in [5.41, 5.74) is 7.60. The van der Waals surface area contributed by atoms with Crippen LogP contribution in [0.2, 0.25) is 0 Å². The number of hydrogen-bond acceptors (Lipinski definition) is 4. The van der Waals surface area contributed by atoms with Crippen LogP contribution in [0, 0.1) is 18.3 Å². The first-order valence-corrected chi connectivity index (χ1v) is 13.4. The van der Waals surface area contributed by atoms with E-state index < -0.39 is 5.91 Å². The van der Waals surface area contributed by atoms with Gasteiger partial charge in [0.1, 0.15) is 17.5 Å². The number of carbonyl (C=O) groups excluding carboxylic acids is 1. The van der Waals surface area contributed by atoms with Crippen molar-refractivity contribution in [3.05, 3.63) is 138 Å². The van der Waals surface area contributed by atoms with Crippen LogP contribution >= 0.6 is 0 Å². The molecule has 0 bridgehead atoms. The summed E-state index contributed by atoms with van der Waals surface area (Å²) in [5.74, 6) is 0.00915. The van der Waals surface area contributed by atoms with Crippen molar-refractivity contribution in [2.75, 3.05) is 11.9 Å². The van der Waals surface area contributed by atoms with Crippen LogP contribution in [0.3, 0.4) is 0 Å². The van der Waals surface area contributed by atoms with Gasteiger partial charge in [-0.1, -0.05) is 126 Å². The average Bonchev–Trinajstić information content (AvgIpc) is 3.31. The maximum Gasteiger partial charge on any atom is 0.266 e. The van der Waals surface area contributed by atoms with Gasteiger partial charge in [0.25, 0.3) is 5.91 Å². The molecule has 5 rings (SSSR count). The summed E-state index contributed by atoms with van der Waals surface area (Å²) in [7, 11) is 0. The molecule has 41 heavy (non-hydrogen) atoms. The number of carbonyl (C=O) groups is 1. The Balaban J connectivity index is 1.54. The lowest BCUT2D eigenvalue weighted by atomic mass is 9.98. The Morgan fingerprint density at radius 1 is 0.854 bits per heavy atom. The number of nitrogens with zero attached hydrogens (tertiary/aromatic N) is 3. The second-order valence-electron chi connectivity index (χ2n) is 9.73. The number of rotatable bonds is 9. The van der Waals surface area contributed by atoms with Gasteiger partial charge in [0.05, 0.1) is 11.4 Å². The summed E-state index contributed by atoms with van der Waals surface area (Å²) in [6.07, 6.45) is 0. The molecule has 1 aromatic heterocycles. The molecule has 1 amide bonds. The summed E-state index contributed by atoms with van der Waals surface area (Å²) in [6, 6.07) is 40.0. The van der Waals surface area contributed by atoms with Crippen molar-refractivity contribution in [1.29, 1.82) is 5.26 Å². The van der Waals surface area contributed by atoms with E-state index >= 15 is 0 Å². The van der Waals surface area contributed by atoms with Crippen LogP contribution in [0.1, 0.15) is 29.2 Å². The normalized spacial score (nSPS) is 11.1. The maximum atomic E-state index is 13.2. The Morgan fingerprint density at radius 2 is 1.44 bits per heavy atom. The Kier molecular flexibility index (Phi) is 8.37. The van der Waals surface area contributed by atoms with Crippen LogP contribution in [-0.2, 0) is 16.2 Å². The van der Waals surface area contributed by atoms with E-state index in [0.29, 0.717) is 23.6 Å². The first kappa shape index (κ1) is 27.2. The summed E-state index contributed by atoms with van der Waals surface area (Å²) in [4.78, 5) is 18.6. The number of benzene rings is 4. The molecule has 1 N–H and O–H groups in total. The highest BCUT2D eigenvalue weighted by Crippen LogP contribution is 2.42. The van der Waals surface area contributed by atoms with Crippen LogP contribution in [0.15, 0.2) is 120 Å². The SMILES string of the molecule is C/C(=N/OCC(=O)Nc1c(C#N)c(-c2ccccc2)c(-c2ccccc2)n1Cc1ccccc1)c1ccc(C)cc1. The average molecular weight is 539 g/mol. The molecule has 5 aromatic rings. The van der Waals surface area contributed by atoms with Crippen molar-refractivity contribution in [3.63, 3.8) is 0 Å². The highest BCUT2D eigenvalue weighted by atomic mass is 16.6. The van der Waals surface area contributed by atoms with Gasteiger partial charge in [0, 0.05) is 12.1 Å². The van der Waals surface area contributed by atoms with Crippen LogP contribution in [0.4, 0.5) is 5.82 Å². The fourth-order valence-corrected chi connectivity index (χ4v) is 4.77. The van der Waals surface area contributed by atoms with Gasteiger partial charge in [0.2, 0.25) is 0 Å². The molecule has 6 heteroatoms. The second kappa shape index (κ2) is 12.6. The van der Waals surface area contributed by atoms with Gasteiger partial charge in [-0.3, -0.25) is 4.79 Å². The molecule has 0 aliphatic rings. The van der Waals surface area contributed by atoms with Crippen LogP contribution in [-0.4, -0.2) is 22.8 Å². The van der Waals surface area contributed by atoms with Crippen LogP contribution in [0.5, 0.6) is 0 Å². The number of anilines is 1. The number of hydrogen-bond donors (Lipinski definition) is 1. The van der Waals surface area contributed by atoms with Crippen LogP contribution in [0.25, 0.3) is 22.4 Å². The highest BCUT2D eigenvalue weighted by molar-refractivity contribution is 5.99. The van der Waals surface area contributed by atoms with Crippen molar-refractivity contribution in [1.82, 2.24) is 4.57 Å². The molecule has 1 heterocycles. The molecular weight excluding hydrogens is 508 g/mol. The van der Waals surface area contributed by atoms with Crippen molar-refractivity contribution in [2.45, 2.75) is 20.4 Å². The largest absolute Gasteiger partial charge is 0.385 e. The number of aromatic nitrogens is 1. The molecule has 202 valence electrons. The van der Waals surface area contributed by atoms with Gasteiger partial charge in [-0.2, -0.15) is 5.26 Å². The van der Waals surface area contributed by atoms with Gasteiger partial charge in [-0.05, 0) is 36.1 Å². The Morgan fingerprint density at radius 3 is 2.05 bits per heavy atom. The molecule has 0 spiro atoms. The van der Waals surface area contributed by atoms with Gasteiger partial charge in [0.15, 0.2) is 6.61 Å². The molecule has 0 radical (unpaired) electrons. The van der Waals surface area contributed by atoms with Crippen molar-refractivity contribution >= 4 is 17.4 Å². The summed E-state index contributed by atoms with van der Waals surface area (Å²) >= 11 is 0. The quantitative estimate of drug-likeness (QED) is 0.157. The number of amides is 1. The van der Waals surface area contributed by atoms with Crippen molar-refractivity contribution < 1.29 is 9.63 Å². The zero-order valence-corrected chi connectivity index (χ0v) is 23.0. The number of nitrogens with one attached hydrogen (secondary N) is 1. The summed E-state index contributed by atoms with van der Waals surface area (Å²) in [5, 5.41) is 17.6. The fraction of sp³-hybridized carbons (Fsp3) is 0.114. The van der Waals surface area contributed by atoms with Gasteiger partial charge in [-0.25, -0.2) is 0 Å².